The minimum absolute atomic E-state index is 0.219. The molecule has 0 aliphatic rings. The van der Waals surface area contributed by atoms with Gasteiger partial charge in [0.2, 0.25) is 0 Å². The van der Waals surface area contributed by atoms with Gasteiger partial charge in [-0.25, -0.2) is 0 Å². The van der Waals surface area contributed by atoms with E-state index in [-0.39, 0.29) is 16.9 Å². The quantitative estimate of drug-likeness (QED) is 0.449. The largest absolute Gasteiger partial charge is 0.509 e. The SMILES string of the molecule is C#Cc1cc(CS)c(C)c([B-](F)(F)F)c1. The van der Waals surface area contributed by atoms with E-state index in [1.807, 2.05) is 0 Å². The van der Waals surface area contributed by atoms with Crippen molar-refractivity contribution in [2.75, 3.05) is 0 Å². The molecule has 0 aliphatic carbocycles. The molecule has 0 aromatic heterocycles. The second-order valence-electron chi connectivity index (χ2n) is 3.23. The fourth-order valence-corrected chi connectivity index (χ4v) is 1.71. The smallest absolute Gasteiger partial charge is 0.445 e. The molecule has 0 nitrogen and oxygen atoms in total. The first kappa shape index (κ1) is 12.1. The summed E-state index contributed by atoms with van der Waals surface area (Å²) in [7, 11) is 0. The second kappa shape index (κ2) is 4.24. The summed E-state index contributed by atoms with van der Waals surface area (Å²) in [5.41, 5.74) is 0.382. The molecule has 0 N–H and O–H groups in total. The first-order valence-electron chi connectivity index (χ1n) is 4.31. The van der Waals surface area contributed by atoms with Crippen molar-refractivity contribution >= 4 is 25.1 Å². The average Bonchev–Trinajstić information content (AvgIpc) is 2.16. The number of thiol groups is 1. The summed E-state index contributed by atoms with van der Waals surface area (Å²) in [6.45, 7) is -3.57. The van der Waals surface area contributed by atoms with Crippen molar-refractivity contribution in [3.8, 4) is 12.3 Å². The number of terminal acetylenes is 1. The monoisotopic (exact) mass is 229 g/mol. The van der Waals surface area contributed by atoms with Crippen molar-refractivity contribution < 1.29 is 12.9 Å². The molecule has 1 rings (SSSR count). The van der Waals surface area contributed by atoms with Crippen LogP contribution in [0.25, 0.3) is 0 Å². The zero-order valence-corrected chi connectivity index (χ0v) is 8.99. The molecule has 1 aromatic carbocycles. The highest BCUT2D eigenvalue weighted by molar-refractivity contribution is 7.79. The van der Waals surface area contributed by atoms with Crippen LogP contribution in [-0.2, 0) is 5.75 Å². The highest BCUT2D eigenvalue weighted by atomic mass is 32.1. The van der Waals surface area contributed by atoms with Gasteiger partial charge in [-0.1, -0.05) is 17.6 Å². The molecule has 0 atom stereocenters. The molecule has 0 spiro atoms. The van der Waals surface area contributed by atoms with Crippen molar-refractivity contribution in [3.63, 3.8) is 0 Å². The minimum atomic E-state index is -5.01. The summed E-state index contributed by atoms with van der Waals surface area (Å²) in [4.78, 5) is 0. The van der Waals surface area contributed by atoms with Crippen LogP contribution in [-0.4, -0.2) is 6.98 Å². The third kappa shape index (κ3) is 2.51. The van der Waals surface area contributed by atoms with Gasteiger partial charge in [0.1, 0.15) is 0 Å². The number of rotatable bonds is 2. The number of halogens is 3. The lowest BCUT2D eigenvalue weighted by Gasteiger charge is -2.20. The van der Waals surface area contributed by atoms with E-state index in [0.29, 0.717) is 5.56 Å². The highest BCUT2D eigenvalue weighted by Gasteiger charge is 2.28. The normalized spacial score (nSPS) is 11.2. The van der Waals surface area contributed by atoms with E-state index in [9.17, 15) is 12.9 Å². The van der Waals surface area contributed by atoms with Crippen LogP contribution in [0.15, 0.2) is 12.1 Å². The summed E-state index contributed by atoms with van der Waals surface area (Å²) in [6.07, 6.45) is 5.10. The molecule has 5 heteroatoms. The van der Waals surface area contributed by atoms with Gasteiger partial charge in [-0.15, -0.1) is 11.9 Å². The van der Waals surface area contributed by atoms with Gasteiger partial charge in [0.25, 0.3) is 0 Å². The molecule has 0 unspecified atom stereocenters. The molecule has 80 valence electrons. The Hall–Kier alpha value is -1.02. The Kier molecular flexibility index (Phi) is 3.40. The van der Waals surface area contributed by atoms with Crippen LogP contribution >= 0.6 is 12.6 Å². The van der Waals surface area contributed by atoms with Gasteiger partial charge in [-0.2, -0.15) is 12.6 Å². The van der Waals surface area contributed by atoms with Crippen LogP contribution in [0, 0.1) is 19.3 Å². The molecule has 0 saturated heterocycles. The van der Waals surface area contributed by atoms with Crippen LogP contribution in [0.2, 0.25) is 0 Å². The summed E-state index contributed by atoms with van der Waals surface area (Å²) < 4.78 is 38.0. The summed E-state index contributed by atoms with van der Waals surface area (Å²) in [5.74, 6) is 2.47. The fourth-order valence-electron chi connectivity index (χ4n) is 1.39. The Morgan fingerprint density at radius 1 is 1.40 bits per heavy atom. The van der Waals surface area contributed by atoms with Gasteiger partial charge in [-0.05, 0) is 18.6 Å². The van der Waals surface area contributed by atoms with Gasteiger partial charge in [0.15, 0.2) is 0 Å². The molecule has 1 aromatic rings. The zero-order chi connectivity index (χ0) is 11.6. The Morgan fingerprint density at radius 3 is 2.40 bits per heavy atom. The van der Waals surface area contributed by atoms with E-state index in [1.165, 1.54) is 6.92 Å². The van der Waals surface area contributed by atoms with Crippen molar-refractivity contribution in [1.29, 1.82) is 0 Å². The van der Waals surface area contributed by atoms with Crippen molar-refractivity contribution in [1.82, 2.24) is 0 Å². The van der Waals surface area contributed by atoms with Crippen LogP contribution < -0.4 is 5.46 Å². The predicted octanol–water partition coefficient (Wildman–Crippen LogP) is 2.46. The molecule has 0 heterocycles. The van der Waals surface area contributed by atoms with E-state index in [1.54, 1.807) is 6.07 Å². The van der Waals surface area contributed by atoms with Crippen LogP contribution in [0.4, 0.5) is 12.9 Å². The van der Waals surface area contributed by atoms with E-state index in [4.69, 9.17) is 6.42 Å². The van der Waals surface area contributed by atoms with Crippen molar-refractivity contribution in [2.45, 2.75) is 12.7 Å². The van der Waals surface area contributed by atoms with Gasteiger partial charge in [-0.3, -0.25) is 0 Å². The summed E-state index contributed by atoms with van der Waals surface area (Å²) in [6, 6.07) is 2.58. The van der Waals surface area contributed by atoms with Crippen LogP contribution in [0.5, 0.6) is 0 Å². The Bertz CT molecular complexity index is 418. The number of benzene rings is 1. The maximum Gasteiger partial charge on any atom is 0.509 e. The lowest BCUT2D eigenvalue weighted by Crippen LogP contribution is -2.37. The van der Waals surface area contributed by atoms with Crippen molar-refractivity contribution in [2.24, 2.45) is 0 Å². The molecule has 0 aliphatic heterocycles. The van der Waals surface area contributed by atoms with Gasteiger partial charge < -0.3 is 12.9 Å². The third-order valence-electron chi connectivity index (χ3n) is 2.25. The Labute approximate surface area is 92.3 Å². The topological polar surface area (TPSA) is 0 Å². The predicted molar refractivity (Wildman–Crippen MR) is 60.5 cm³/mol. The maximum atomic E-state index is 12.7. The number of hydrogen-bond donors (Lipinski definition) is 1. The lowest BCUT2D eigenvalue weighted by molar-refractivity contribution is 0.500. The average molecular weight is 229 g/mol. The minimum Gasteiger partial charge on any atom is -0.445 e. The first-order valence-corrected chi connectivity index (χ1v) is 4.94. The molecular formula is C10H9BF3S-. The van der Waals surface area contributed by atoms with E-state index >= 15 is 0 Å². The Morgan fingerprint density at radius 2 is 2.00 bits per heavy atom. The third-order valence-corrected chi connectivity index (χ3v) is 2.59. The fraction of sp³-hybridized carbons (Fsp3) is 0.200. The van der Waals surface area contributed by atoms with Crippen LogP contribution in [0.1, 0.15) is 16.7 Å². The van der Waals surface area contributed by atoms with E-state index < -0.39 is 12.4 Å². The second-order valence-corrected chi connectivity index (χ2v) is 3.54. The summed E-state index contributed by atoms with van der Waals surface area (Å²) in [5, 5.41) is 0. The standard InChI is InChI=1S/C10H9BF3S/c1-3-8-4-9(6-15)7(2)10(5-8)11(12,13)14/h1,4-5,15H,6H2,2H3/q-1. The lowest BCUT2D eigenvalue weighted by atomic mass is 9.75. The maximum absolute atomic E-state index is 12.7. The molecule has 0 fully saturated rings. The first-order chi connectivity index (χ1) is 6.90. The molecule has 0 amide bonds. The molecule has 0 bridgehead atoms. The van der Waals surface area contributed by atoms with Gasteiger partial charge in [0.05, 0.1) is 0 Å². The molecule has 0 radical (unpaired) electrons. The molecule has 15 heavy (non-hydrogen) atoms. The Balaban J connectivity index is 3.46. The van der Waals surface area contributed by atoms with Crippen LogP contribution in [0.3, 0.4) is 0 Å². The zero-order valence-electron chi connectivity index (χ0n) is 8.10. The van der Waals surface area contributed by atoms with Crippen molar-refractivity contribution in [3.05, 3.63) is 28.8 Å². The van der Waals surface area contributed by atoms with E-state index in [0.717, 1.165) is 6.07 Å². The summed E-state index contributed by atoms with van der Waals surface area (Å²) >= 11 is 3.98. The number of hydrogen-bond acceptors (Lipinski definition) is 1. The highest BCUT2D eigenvalue weighted by Crippen LogP contribution is 2.18. The van der Waals surface area contributed by atoms with Gasteiger partial charge >= 0.3 is 6.98 Å². The van der Waals surface area contributed by atoms with E-state index in [2.05, 4.69) is 18.5 Å². The van der Waals surface area contributed by atoms with Gasteiger partial charge in [0, 0.05) is 11.3 Å². The molecular weight excluding hydrogens is 220 g/mol. The molecule has 0 saturated carbocycles.